The second kappa shape index (κ2) is 3.13. The minimum atomic E-state index is 0.501. The van der Waals surface area contributed by atoms with Crippen LogP contribution >= 0.6 is 12.2 Å². The molecule has 0 amide bonds. The van der Waals surface area contributed by atoms with Crippen LogP contribution in [0.15, 0.2) is 0 Å². The number of nitrogens with one attached hydrogen (secondary N) is 1. The Balaban J connectivity index is 2.31. The van der Waals surface area contributed by atoms with Crippen molar-refractivity contribution in [1.29, 1.82) is 0 Å². The monoisotopic (exact) mass is 144 g/mol. The molecule has 9 heavy (non-hydrogen) atoms. The Kier molecular flexibility index (Phi) is 2.42. The molecule has 1 aliphatic rings. The smallest absolute Gasteiger partial charge is 0.0759 e. The molecule has 1 rings (SSSR count). The Bertz CT molecular complexity index is 108. The minimum Gasteiger partial charge on any atom is -0.393 e. The quantitative estimate of drug-likeness (QED) is 0.519. The van der Waals surface area contributed by atoms with Gasteiger partial charge >= 0.3 is 0 Å². The Morgan fingerprint density at radius 3 is 2.33 bits per heavy atom. The molecule has 0 bridgehead atoms. The highest BCUT2D eigenvalue weighted by molar-refractivity contribution is 7.80. The molecule has 1 saturated heterocycles. The number of hydrogen-bond acceptors (Lipinski definition) is 2. The summed E-state index contributed by atoms with van der Waals surface area (Å²) in [6.45, 7) is 2.14. The fourth-order valence-corrected chi connectivity index (χ4v) is 1.34. The molecule has 1 fully saturated rings. The van der Waals surface area contributed by atoms with Crippen molar-refractivity contribution in [3.8, 4) is 0 Å². The van der Waals surface area contributed by atoms with Gasteiger partial charge in [-0.25, -0.2) is 0 Å². The summed E-state index contributed by atoms with van der Waals surface area (Å²) in [6, 6.07) is 0. The molecule has 0 radical (unpaired) electrons. The third kappa shape index (κ3) is 1.91. The van der Waals surface area contributed by atoms with E-state index in [0.29, 0.717) is 10.9 Å². The zero-order valence-electron chi connectivity index (χ0n) is 5.39. The number of piperidine rings is 1. The van der Waals surface area contributed by atoms with Crippen molar-refractivity contribution in [2.24, 2.45) is 11.7 Å². The van der Waals surface area contributed by atoms with E-state index in [1.807, 2.05) is 0 Å². The van der Waals surface area contributed by atoms with Crippen LogP contribution in [0.2, 0.25) is 0 Å². The first-order valence-electron chi connectivity index (χ1n) is 3.31. The molecular formula is C6H12N2S. The van der Waals surface area contributed by atoms with Crippen LogP contribution in [0.1, 0.15) is 12.8 Å². The SMILES string of the molecule is NC(=S)C1CCNCC1. The fraction of sp³-hybridized carbons (Fsp3) is 0.833. The largest absolute Gasteiger partial charge is 0.393 e. The summed E-state index contributed by atoms with van der Waals surface area (Å²) in [4.78, 5) is 0.691. The number of hydrogen-bond donors (Lipinski definition) is 2. The van der Waals surface area contributed by atoms with Gasteiger partial charge in [-0.2, -0.15) is 0 Å². The Morgan fingerprint density at radius 2 is 2.00 bits per heavy atom. The van der Waals surface area contributed by atoms with E-state index in [1.54, 1.807) is 0 Å². The molecule has 1 aliphatic heterocycles. The van der Waals surface area contributed by atoms with E-state index < -0.39 is 0 Å². The summed E-state index contributed by atoms with van der Waals surface area (Å²) in [6.07, 6.45) is 2.24. The van der Waals surface area contributed by atoms with E-state index in [-0.39, 0.29) is 0 Å². The number of thiocarbonyl (C=S) groups is 1. The molecule has 0 saturated carbocycles. The van der Waals surface area contributed by atoms with Crippen LogP contribution in [-0.4, -0.2) is 18.1 Å². The third-order valence-electron chi connectivity index (χ3n) is 1.74. The second-order valence-corrected chi connectivity index (χ2v) is 2.90. The van der Waals surface area contributed by atoms with Gasteiger partial charge in [-0.1, -0.05) is 12.2 Å². The summed E-state index contributed by atoms with van der Waals surface area (Å²) in [7, 11) is 0. The first-order chi connectivity index (χ1) is 4.30. The molecule has 3 N–H and O–H groups in total. The van der Waals surface area contributed by atoms with E-state index in [2.05, 4.69) is 5.32 Å². The van der Waals surface area contributed by atoms with Gasteiger partial charge in [0.2, 0.25) is 0 Å². The van der Waals surface area contributed by atoms with Crippen LogP contribution in [0.3, 0.4) is 0 Å². The molecule has 3 heteroatoms. The van der Waals surface area contributed by atoms with Crippen molar-refractivity contribution in [2.45, 2.75) is 12.8 Å². The molecule has 0 aromatic rings. The van der Waals surface area contributed by atoms with E-state index >= 15 is 0 Å². The van der Waals surface area contributed by atoms with E-state index in [1.165, 1.54) is 0 Å². The predicted molar refractivity (Wildman–Crippen MR) is 42.4 cm³/mol. The normalized spacial score (nSPS) is 21.8. The lowest BCUT2D eigenvalue weighted by Crippen LogP contribution is -2.34. The molecule has 0 atom stereocenters. The van der Waals surface area contributed by atoms with Crippen molar-refractivity contribution in [1.82, 2.24) is 5.32 Å². The predicted octanol–water partition coefficient (Wildman–Crippen LogP) is 0.272. The van der Waals surface area contributed by atoms with Gasteiger partial charge in [0.05, 0.1) is 4.99 Å². The lowest BCUT2D eigenvalue weighted by atomic mass is 9.99. The zero-order valence-corrected chi connectivity index (χ0v) is 6.21. The fourth-order valence-electron chi connectivity index (χ4n) is 1.11. The summed E-state index contributed by atoms with van der Waals surface area (Å²) in [5.41, 5.74) is 5.47. The molecule has 0 aromatic carbocycles. The average molecular weight is 144 g/mol. The van der Waals surface area contributed by atoms with Gasteiger partial charge in [0.1, 0.15) is 0 Å². The number of rotatable bonds is 1. The Morgan fingerprint density at radius 1 is 1.44 bits per heavy atom. The second-order valence-electron chi connectivity index (χ2n) is 2.43. The van der Waals surface area contributed by atoms with Gasteiger partial charge in [-0.05, 0) is 25.9 Å². The van der Waals surface area contributed by atoms with Crippen LogP contribution in [0.5, 0.6) is 0 Å². The molecule has 52 valence electrons. The summed E-state index contributed by atoms with van der Waals surface area (Å²) in [5.74, 6) is 0.501. The molecular weight excluding hydrogens is 132 g/mol. The first-order valence-corrected chi connectivity index (χ1v) is 3.71. The number of nitrogens with two attached hydrogens (primary N) is 1. The molecule has 0 aliphatic carbocycles. The van der Waals surface area contributed by atoms with Crippen LogP contribution in [0, 0.1) is 5.92 Å². The van der Waals surface area contributed by atoms with Crippen LogP contribution in [0.25, 0.3) is 0 Å². The highest BCUT2D eigenvalue weighted by atomic mass is 32.1. The highest BCUT2D eigenvalue weighted by Gasteiger charge is 2.14. The zero-order chi connectivity index (χ0) is 6.69. The highest BCUT2D eigenvalue weighted by Crippen LogP contribution is 2.10. The Hall–Kier alpha value is -0.150. The van der Waals surface area contributed by atoms with Gasteiger partial charge in [0.15, 0.2) is 0 Å². The summed E-state index contributed by atoms with van der Waals surface area (Å²) >= 11 is 4.87. The maximum atomic E-state index is 5.47. The first kappa shape index (κ1) is 6.96. The maximum absolute atomic E-state index is 5.47. The molecule has 1 heterocycles. The van der Waals surface area contributed by atoms with Gasteiger partial charge in [-0.3, -0.25) is 0 Å². The van der Waals surface area contributed by atoms with E-state index in [0.717, 1.165) is 25.9 Å². The minimum absolute atomic E-state index is 0.501. The van der Waals surface area contributed by atoms with Gasteiger partial charge < -0.3 is 11.1 Å². The van der Waals surface area contributed by atoms with Crippen molar-refractivity contribution >= 4 is 17.2 Å². The van der Waals surface area contributed by atoms with Crippen LogP contribution in [0.4, 0.5) is 0 Å². The van der Waals surface area contributed by atoms with Crippen LogP contribution in [-0.2, 0) is 0 Å². The standard InChI is InChI=1S/C6H12N2S/c7-6(9)5-1-3-8-4-2-5/h5,8H,1-4H2,(H2,7,9). The molecule has 0 unspecified atom stereocenters. The molecule has 2 nitrogen and oxygen atoms in total. The molecule has 0 aromatic heterocycles. The van der Waals surface area contributed by atoms with E-state index in [4.69, 9.17) is 18.0 Å². The van der Waals surface area contributed by atoms with Crippen molar-refractivity contribution in [2.75, 3.05) is 13.1 Å². The summed E-state index contributed by atoms with van der Waals surface area (Å²) < 4.78 is 0. The topological polar surface area (TPSA) is 38.0 Å². The van der Waals surface area contributed by atoms with Crippen molar-refractivity contribution < 1.29 is 0 Å². The maximum Gasteiger partial charge on any atom is 0.0759 e. The molecule has 0 spiro atoms. The van der Waals surface area contributed by atoms with Crippen molar-refractivity contribution in [3.05, 3.63) is 0 Å². The average Bonchev–Trinajstić information content (AvgIpc) is 1.90. The Labute approximate surface area is 60.8 Å². The van der Waals surface area contributed by atoms with Gasteiger partial charge in [-0.15, -0.1) is 0 Å². The van der Waals surface area contributed by atoms with Gasteiger partial charge in [0.25, 0.3) is 0 Å². The van der Waals surface area contributed by atoms with Gasteiger partial charge in [0, 0.05) is 5.92 Å². The lowest BCUT2D eigenvalue weighted by molar-refractivity contribution is 0.458. The van der Waals surface area contributed by atoms with Crippen molar-refractivity contribution in [3.63, 3.8) is 0 Å². The third-order valence-corrected chi connectivity index (χ3v) is 2.07. The van der Waals surface area contributed by atoms with Crippen LogP contribution < -0.4 is 11.1 Å². The van der Waals surface area contributed by atoms with E-state index in [9.17, 15) is 0 Å². The lowest BCUT2D eigenvalue weighted by Gasteiger charge is -2.20. The summed E-state index contributed by atoms with van der Waals surface area (Å²) in [5, 5.41) is 3.25.